The molecule has 2 aromatic rings. The van der Waals surface area contributed by atoms with E-state index in [4.69, 9.17) is 11.6 Å². The van der Waals surface area contributed by atoms with Crippen molar-refractivity contribution in [2.75, 3.05) is 5.32 Å². The lowest BCUT2D eigenvalue weighted by molar-refractivity contribution is 0.475. The van der Waals surface area contributed by atoms with Gasteiger partial charge in [-0.3, -0.25) is 0 Å². The van der Waals surface area contributed by atoms with E-state index in [2.05, 4.69) is 40.3 Å². The summed E-state index contributed by atoms with van der Waals surface area (Å²) in [5.74, 6) is 0.0997. The van der Waals surface area contributed by atoms with Crippen LogP contribution >= 0.6 is 27.5 Å². The van der Waals surface area contributed by atoms with Gasteiger partial charge in [-0.2, -0.15) is 0 Å². The lowest BCUT2D eigenvalue weighted by Crippen LogP contribution is -2.09. The molecule has 0 saturated carbocycles. The maximum absolute atomic E-state index is 9.42. The number of aromatic hydroxyl groups is 1. The summed E-state index contributed by atoms with van der Waals surface area (Å²) < 4.78 is 1.06. The van der Waals surface area contributed by atoms with Crippen molar-refractivity contribution in [1.82, 2.24) is 0 Å². The third-order valence-corrected chi connectivity index (χ3v) is 3.74. The summed E-state index contributed by atoms with van der Waals surface area (Å²) in [4.78, 5) is 0. The van der Waals surface area contributed by atoms with E-state index < -0.39 is 0 Å². The molecule has 19 heavy (non-hydrogen) atoms. The van der Waals surface area contributed by atoms with Gasteiger partial charge in [0, 0.05) is 10.2 Å². The van der Waals surface area contributed by atoms with Gasteiger partial charge in [0.25, 0.3) is 0 Å². The van der Waals surface area contributed by atoms with Crippen molar-refractivity contribution in [3.63, 3.8) is 0 Å². The topological polar surface area (TPSA) is 32.3 Å². The van der Waals surface area contributed by atoms with Gasteiger partial charge in [0.2, 0.25) is 0 Å². The molecule has 2 nitrogen and oxygen atoms in total. The fourth-order valence-electron chi connectivity index (χ4n) is 1.94. The Bertz CT molecular complexity index is 574. The van der Waals surface area contributed by atoms with Crippen LogP contribution in [0.2, 0.25) is 5.02 Å². The Balaban J connectivity index is 2.21. The first-order valence-electron chi connectivity index (χ1n) is 6.10. The SMILES string of the molecule is CCC(Nc1ccc(O)c(Cl)c1)c1cccc(Br)c1. The van der Waals surface area contributed by atoms with Crippen LogP contribution in [-0.4, -0.2) is 5.11 Å². The average molecular weight is 341 g/mol. The second kappa shape index (κ2) is 6.31. The normalized spacial score (nSPS) is 12.2. The molecule has 0 aliphatic heterocycles. The predicted molar refractivity (Wildman–Crippen MR) is 83.9 cm³/mol. The quantitative estimate of drug-likeness (QED) is 0.733. The van der Waals surface area contributed by atoms with Crippen molar-refractivity contribution in [2.45, 2.75) is 19.4 Å². The molecule has 0 heterocycles. The van der Waals surface area contributed by atoms with Crippen molar-refractivity contribution in [3.8, 4) is 5.75 Å². The number of nitrogens with one attached hydrogen (secondary N) is 1. The zero-order valence-corrected chi connectivity index (χ0v) is 12.9. The molecule has 0 radical (unpaired) electrons. The highest BCUT2D eigenvalue weighted by atomic mass is 79.9. The van der Waals surface area contributed by atoms with Crippen molar-refractivity contribution < 1.29 is 5.11 Å². The number of phenols is 1. The molecule has 2 aromatic carbocycles. The highest BCUT2D eigenvalue weighted by Crippen LogP contribution is 2.30. The molecular formula is C15H15BrClNO. The van der Waals surface area contributed by atoms with Crippen LogP contribution in [0.3, 0.4) is 0 Å². The highest BCUT2D eigenvalue weighted by molar-refractivity contribution is 9.10. The van der Waals surface area contributed by atoms with E-state index in [-0.39, 0.29) is 11.8 Å². The molecule has 0 aliphatic carbocycles. The van der Waals surface area contributed by atoms with E-state index in [0.717, 1.165) is 16.6 Å². The standard InChI is InChI=1S/C15H15BrClNO/c1-2-14(10-4-3-5-11(16)8-10)18-12-6-7-15(19)13(17)9-12/h3-9,14,18-19H,2H2,1H3. The minimum atomic E-state index is 0.0997. The first-order valence-corrected chi connectivity index (χ1v) is 7.27. The summed E-state index contributed by atoms with van der Waals surface area (Å²) in [5, 5.41) is 13.2. The third kappa shape index (κ3) is 3.64. The summed E-state index contributed by atoms with van der Waals surface area (Å²) >= 11 is 9.40. The third-order valence-electron chi connectivity index (χ3n) is 2.95. The molecule has 100 valence electrons. The molecule has 0 bridgehead atoms. The molecule has 2 N–H and O–H groups in total. The first kappa shape index (κ1) is 14.2. The Morgan fingerprint density at radius 2 is 2.05 bits per heavy atom. The molecule has 1 atom stereocenters. The lowest BCUT2D eigenvalue weighted by Gasteiger charge is -2.19. The van der Waals surface area contributed by atoms with Crippen LogP contribution in [0.4, 0.5) is 5.69 Å². The molecule has 1 unspecified atom stereocenters. The molecule has 0 saturated heterocycles. The van der Waals surface area contributed by atoms with Crippen molar-refractivity contribution in [3.05, 3.63) is 57.5 Å². The van der Waals surface area contributed by atoms with Gasteiger partial charge in [-0.1, -0.05) is 46.6 Å². The Kier molecular flexibility index (Phi) is 4.72. The van der Waals surface area contributed by atoms with E-state index in [1.54, 1.807) is 12.1 Å². The average Bonchev–Trinajstić information content (AvgIpc) is 2.40. The Morgan fingerprint density at radius 3 is 2.68 bits per heavy atom. The molecule has 0 fully saturated rings. The number of halogens is 2. The van der Waals surface area contributed by atoms with Crippen LogP contribution in [0.5, 0.6) is 5.75 Å². The summed E-state index contributed by atoms with van der Waals surface area (Å²) in [6, 6.07) is 13.6. The van der Waals surface area contributed by atoms with Crippen LogP contribution < -0.4 is 5.32 Å². The van der Waals surface area contributed by atoms with E-state index in [1.807, 2.05) is 18.2 Å². The van der Waals surface area contributed by atoms with Gasteiger partial charge in [0.05, 0.1) is 11.1 Å². The Morgan fingerprint density at radius 1 is 1.26 bits per heavy atom. The maximum atomic E-state index is 9.42. The number of hydrogen-bond donors (Lipinski definition) is 2. The van der Waals surface area contributed by atoms with Crippen LogP contribution in [-0.2, 0) is 0 Å². The van der Waals surface area contributed by atoms with E-state index in [9.17, 15) is 5.11 Å². The zero-order valence-electron chi connectivity index (χ0n) is 10.5. The maximum Gasteiger partial charge on any atom is 0.134 e. The highest BCUT2D eigenvalue weighted by Gasteiger charge is 2.10. The van der Waals surface area contributed by atoms with E-state index in [1.165, 1.54) is 5.56 Å². The summed E-state index contributed by atoms with van der Waals surface area (Å²) in [6.45, 7) is 2.13. The minimum Gasteiger partial charge on any atom is -0.506 e. The van der Waals surface area contributed by atoms with Gasteiger partial charge in [-0.15, -0.1) is 0 Å². The van der Waals surface area contributed by atoms with Gasteiger partial charge in [0.15, 0.2) is 0 Å². The molecule has 0 aliphatic rings. The zero-order chi connectivity index (χ0) is 13.8. The van der Waals surface area contributed by atoms with Gasteiger partial charge >= 0.3 is 0 Å². The van der Waals surface area contributed by atoms with Crippen molar-refractivity contribution >= 4 is 33.2 Å². The monoisotopic (exact) mass is 339 g/mol. The molecular weight excluding hydrogens is 326 g/mol. The molecule has 0 aromatic heterocycles. The fourth-order valence-corrected chi connectivity index (χ4v) is 2.54. The number of anilines is 1. The van der Waals surface area contributed by atoms with Gasteiger partial charge in [-0.25, -0.2) is 0 Å². The van der Waals surface area contributed by atoms with Crippen LogP contribution in [0, 0.1) is 0 Å². The number of phenolic OH excluding ortho intramolecular Hbond substituents is 1. The van der Waals surface area contributed by atoms with Crippen LogP contribution in [0.25, 0.3) is 0 Å². The molecule has 0 spiro atoms. The van der Waals surface area contributed by atoms with Gasteiger partial charge < -0.3 is 10.4 Å². The Hall–Kier alpha value is -1.19. The molecule has 4 heteroatoms. The summed E-state index contributed by atoms with van der Waals surface area (Å²) in [6.07, 6.45) is 0.953. The summed E-state index contributed by atoms with van der Waals surface area (Å²) in [5.41, 5.74) is 2.11. The van der Waals surface area contributed by atoms with Crippen LogP contribution in [0.1, 0.15) is 24.9 Å². The minimum absolute atomic E-state index is 0.0997. The van der Waals surface area contributed by atoms with E-state index in [0.29, 0.717) is 5.02 Å². The molecule has 2 rings (SSSR count). The number of hydrogen-bond acceptors (Lipinski definition) is 2. The predicted octanol–water partition coefficient (Wildman–Crippen LogP) is 5.37. The number of benzene rings is 2. The smallest absolute Gasteiger partial charge is 0.134 e. The van der Waals surface area contributed by atoms with Crippen molar-refractivity contribution in [2.24, 2.45) is 0 Å². The first-order chi connectivity index (χ1) is 9.10. The second-order valence-corrected chi connectivity index (χ2v) is 5.65. The van der Waals surface area contributed by atoms with Gasteiger partial charge in [-0.05, 0) is 42.3 Å². The fraction of sp³-hybridized carbons (Fsp3) is 0.200. The largest absolute Gasteiger partial charge is 0.506 e. The van der Waals surface area contributed by atoms with Crippen LogP contribution in [0.15, 0.2) is 46.9 Å². The number of rotatable bonds is 4. The molecule has 0 amide bonds. The van der Waals surface area contributed by atoms with Gasteiger partial charge in [0.1, 0.15) is 5.75 Å². The lowest BCUT2D eigenvalue weighted by atomic mass is 10.0. The Labute approximate surface area is 126 Å². The van der Waals surface area contributed by atoms with Crippen molar-refractivity contribution in [1.29, 1.82) is 0 Å². The van der Waals surface area contributed by atoms with E-state index >= 15 is 0 Å². The second-order valence-electron chi connectivity index (χ2n) is 4.33. The summed E-state index contributed by atoms with van der Waals surface area (Å²) in [7, 11) is 0.